The lowest BCUT2D eigenvalue weighted by Gasteiger charge is -2.25. The van der Waals surface area contributed by atoms with Crippen LogP contribution in [0.4, 0.5) is 11.4 Å². The minimum Gasteiger partial charge on any atom is -0.324 e. The molecule has 6 heteroatoms. The minimum atomic E-state index is -3.91. The first-order chi connectivity index (χ1) is 14.3. The molecule has 1 amide bonds. The van der Waals surface area contributed by atoms with Gasteiger partial charge in [0.05, 0.1) is 10.6 Å². The maximum atomic E-state index is 13.3. The molecule has 3 aromatic carbocycles. The van der Waals surface area contributed by atoms with Crippen LogP contribution >= 0.6 is 0 Å². The Bertz CT molecular complexity index is 1110. The molecule has 0 radical (unpaired) electrons. The fraction of sp³-hybridized carbons (Fsp3) is 0.208. The third-order valence-corrected chi connectivity index (χ3v) is 6.64. The van der Waals surface area contributed by atoms with E-state index in [4.69, 9.17) is 0 Å². The van der Waals surface area contributed by atoms with Crippen molar-refractivity contribution in [1.29, 1.82) is 0 Å². The predicted octanol–water partition coefficient (Wildman–Crippen LogP) is 4.95. The molecule has 3 rings (SSSR count). The first-order valence-corrected chi connectivity index (χ1v) is 11.3. The number of amides is 1. The van der Waals surface area contributed by atoms with Gasteiger partial charge in [-0.25, -0.2) is 8.42 Å². The van der Waals surface area contributed by atoms with Gasteiger partial charge in [0, 0.05) is 5.69 Å². The molecule has 0 atom stereocenters. The monoisotopic (exact) mass is 422 g/mol. The van der Waals surface area contributed by atoms with Crippen LogP contribution in [-0.4, -0.2) is 20.9 Å². The number of anilines is 2. The molecule has 0 aliphatic carbocycles. The molecule has 0 aromatic heterocycles. The summed E-state index contributed by atoms with van der Waals surface area (Å²) in [5.41, 5.74) is 3.13. The number of nitrogens with zero attached hydrogens (tertiary/aromatic N) is 1. The van der Waals surface area contributed by atoms with Crippen molar-refractivity contribution in [2.24, 2.45) is 0 Å². The van der Waals surface area contributed by atoms with Crippen molar-refractivity contribution < 1.29 is 13.2 Å². The summed E-state index contributed by atoms with van der Waals surface area (Å²) in [5, 5.41) is 2.94. The van der Waals surface area contributed by atoms with E-state index in [1.54, 1.807) is 48.5 Å². The van der Waals surface area contributed by atoms with Crippen molar-refractivity contribution in [1.82, 2.24) is 0 Å². The number of sulfonamides is 1. The van der Waals surface area contributed by atoms with Gasteiger partial charge >= 0.3 is 0 Å². The van der Waals surface area contributed by atoms with Gasteiger partial charge in [-0.2, -0.15) is 0 Å². The molecule has 0 fully saturated rings. The molecule has 0 saturated heterocycles. The number of aryl methyl sites for hydroxylation is 1. The first kappa shape index (κ1) is 21.6. The van der Waals surface area contributed by atoms with Gasteiger partial charge in [0.15, 0.2) is 0 Å². The zero-order chi connectivity index (χ0) is 21.7. The van der Waals surface area contributed by atoms with E-state index in [2.05, 4.69) is 19.2 Å². The Balaban J connectivity index is 1.95. The molecule has 156 valence electrons. The second-order valence-electron chi connectivity index (χ2n) is 7.40. The van der Waals surface area contributed by atoms with E-state index in [1.807, 2.05) is 25.1 Å². The van der Waals surface area contributed by atoms with Crippen molar-refractivity contribution in [3.8, 4) is 0 Å². The van der Waals surface area contributed by atoms with Crippen LogP contribution in [0.15, 0.2) is 83.8 Å². The van der Waals surface area contributed by atoms with Crippen molar-refractivity contribution >= 4 is 27.3 Å². The van der Waals surface area contributed by atoms with Crippen molar-refractivity contribution in [2.75, 3.05) is 16.2 Å². The summed E-state index contributed by atoms with van der Waals surface area (Å²) >= 11 is 0. The second-order valence-corrected chi connectivity index (χ2v) is 9.26. The normalized spacial score (nSPS) is 11.3. The summed E-state index contributed by atoms with van der Waals surface area (Å²) in [5.74, 6) is -0.173. The lowest BCUT2D eigenvalue weighted by Crippen LogP contribution is -2.38. The van der Waals surface area contributed by atoms with E-state index >= 15 is 0 Å². The third-order valence-electron chi connectivity index (χ3n) is 4.85. The Kier molecular flexibility index (Phi) is 6.57. The van der Waals surface area contributed by atoms with E-state index in [-0.39, 0.29) is 17.4 Å². The van der Waals surface area contributed by atoms with Gasteiger partial charge in [-0.05, 0) is 48.2 Å². The number of hydrogen-bond acceptors (Lipinski definition) is 3. The summed E-state index contributed by atoms with van der Waals surface area (Å²) in [6.45, 7) is 5.71. The highest BCUT2D eigenvalue weighted by molar-refractivity contribution is 7.92. The number of benzene rings is 3. The van der Waals surface area contributed by atoms with Crippen molar-refractivity contribution in [3.05, 3.63) is 90.0 Å². The van der Waals surface area contributed by atoms with Gasteiger partial charge in [0.25, 0.3) is 10.0 Å². The van der Waals surface area contributed by atoms with Crippen LogP contribution in [0, 0.1) is 6.92 Å². The fourth-order valence-corrected chi connectivity index (χ4v) is 4.72. The zero-order valence-corrected chi connectivity index (χ0v) is 18.2. The number of para-hydroxylation sites is 2. The highest BCUT2D eigenvalue weighted by atomic mass is 32.2. The number of carbonyl (C=O) groups excluding carboxylic acids is 1. The smallest absolute Gasteiger partial charge is 0.264 e. The third kappa shape index (κ3) is 4.71. The van der Waals surface area contributed by atoms with Gasteiger partial charge in [-0.3, -0.25) is 9.10 Å². The number of rotatable bonds is 7. The Morgan fingerprint density at radius 3 is 2.10 bits per heavy atom. The summed E-state index contributed by atoms with van der Waals surface area (Å²) in [7, 11) is -3.91. The maximum Gasteiger partial charge on any atom is 0.264 e. The van der Waals surface area contributed by atoms with E-state index in [0.717, 1.165) is 21.1 Å². The molecule has 0 spiro atoms. The van der Waals surface area contributed by atoms with Gasteiger partial charge in [-0.15, -0.1) is 0 Å². The average Bonchev–Trinajstić information content (AvgIpc) is 2.74. The molecule has 3 aromatic rings. The van der Waals surface area contributed by atoms with Gasteiger partial charge in [0.2, 0.25) is 5.91 Å². The highest BCUT2D eigenvalue weighted by Gasteiger charge is 2.27. The van der Waals surface area contributed by atoms with Crippen molar-refractivity contribution in [3.63, 3.8) is 0 Å². The molecular formula is C24H26N2O3S. The molecule has 0 bridgehead atoms. The molecule has 5 nitrogen and oxygen atoms in total. The Hall–Kier alpha value is -3.12. The molecule has 0 aliphatic rings. The summed E-state index contributed by atoms with van der Waals surface area (Å²) in [6, 6.07) is 22.7. The lowest BCUT2D eigenvalue weighted by molar-refractivity contribution is -0.114. The molecule has 0 unspecified atom stereocenters. The van der Waals surface area contributed by atoms with Crippen LogP contribution in [0.3, 0.4) is 0 Å². The largest absolute Gasteiger partial charge is 0.324 e. The van der Waals surface area contributed by atoms with Crippen LogP contribution in [0.5, 0.6) is 0 Å². The van der Waals surface area contributed by atoms with Crippen molar-refractivity contribution in [2.45, 2.75) is 31.6 Å². The van der Waals surface area contributed by atoms with Crippen LogP contribution in [0.2, 0.25) is 0 Å². The number of nitrogens with one attached hydrogen (secondary N) is 1. The standard InChI is InChI=1S/C24H26N2O3S/c1-18(2)22-16-10-11-19(3)24(22)25-23(27)17-26(20-12-6-4-7-13-20)30(28,29)21-14-8-5-9-15-21/h4-16,18H,17H2,1-3H3,(H,25,27). The summed E-state index contributed by atoms with van der Waals surface area (Å²) < 4.78 is 27.8. The molecule has 30 heavy (non-hydrogen) atoms. The Morgan fingerprint density at radius 2 is 1.50 bits per heavy atom. The van der Waals surface area contributed by atoms with Gasteiger partial charge in [0.1, 0.15) is 6.54 Å². The maximum absolute atomic E-state index is 13.3. The Morgan fingerprint density at radius 1 is 0.900 bits per heavy atom. The van der Waals surface area contributed by atoms with Crippen LogP contribution in [0.25, 0.3) is 0 Å². The molecule has 0 heterocycles. The van der Waals surface area contributed by atoms with Crippen LogP contribution in [0.1, 0.15) is 30.9 Å². The Labute approximate surface area is 178 Å². The topological polar surface area (TPSA) is 66.5 Å². The van der Waals surface area contributed by atoms with Crippen LogP contribution < -0.4 is 9.62 Å². The lowest BCUT2D eigenvalue weighted by atomic mass is 9.98. The molecular weight excluding hydrogens is 396 g/mol. The van der Waals surface area contributed by atoms with E-state index < -0.39 is 15.9 Å². The SMILES string of the molecule is Cc1cccc(C(C)C)c1NC(=O)CN(c1ccccc1)S(=O)(=O)c1ccccc1. The quantitative estimate of drug-likeness (QED) is 0.586. The number of carbonyl (C=O) groups is 1. The molecule has 0 aliphatic heterocycles. The molecule has 1 N–H and O–H groups in total. The zero-order valence-electron chi connectivity index (χ0n) is 17.4. The molecule has 0 saturated carbocycles. The van der Waals surface area contributed by atoms with E-state index in [9.17, 15) is 13.2 Å². The van der Waals surface area contributed by atoms with Crippen LogP contribution in [-0.2, 0) is 14.8 Å². The van der Waals surface area contributed by atoms with E-state index in [1.165, 1.54) is 12.1 Å². The summed E-state index contributed by atoms with van der Waals surface area (Å²) in [6.07, 6.45) is 0. The second kappa shape index (κ2) is 9.13. The predicted molar refractivity (Wildman–Crippen MR) is 121 cm³/mol. The van der Waals surface area contributed by atoms with E-state index in [0.29, 0.717) is 5.69 Å². The average molecular weight is 423 g/mol. The fourth-order valence-electron chi connectivity index (χ4n) is 3.28. The highest BCUT2D eigenvalue weighted by Crippen LogP contribution is 2.28. The number of hydrogen-bond donors (Lipinski definition) is 1. The first-order valence-electron chi connectivity index (χ1n) is 9.83. The van der Waals surface area contributed by atoms with Gasteiger partial charge in [-0.1, -0.05) is 68.4 Å². The minimum absolute atomic E-state index is 0.139. The van der Waals surface area contributed by atoms with Gasteiger partial charge < -0.3 is 5.32 Å². The summed E-state index contributed by atoms with van der Waals surface area (Å²) in [4.78, 5) is 13.1.